The van der Waals surface area contributed by atoms with Crippen molar-refractivity contribution in [2.45, 2.75) is 6.42 Å². The zero-order valence-corrected chi connectivity index (χ0v) is 11.3. The van der Waals surface area contributed by atoms with Gasteiger partial charge in [-0.05, 0) is 29.8 Å². The van der Waals surface area contributed by atoms with Crippen LogP contribution in [-0.4, -0.2) is 5.78 Å². The van der Waals surface area contributed by atoms with Crippen LogP contribution < -0.4 is 5.73 Å². The average Bonchev–Trinajstić information content (AvgIpc) is 2.38. The van der Waals surface area contributed by atoms with Crippen LogP contribution in [0.2, 0.25) is 10.0 Å². The van der Waals surface area contributed by atoms with Crippen molar-refractivity contribution in [2.24, 2.45) is 0 Å². The molecule has 0 radical (unpaired) electrons. The third kappa shape index (κ3) is 3.06. The molecule has 5 heteroatoms. The van der Waals surface area contributed by atoms with Crippen molar-refractivity contribution in [1.29, 1.82) is 0 Å². The van der Waals surface area contributed by atoms with Gasteiger partial charge in [0.15, 0.2) is 5.78 Å². The minimum Gasteiger partial charge on any atom is -0.398 e. The lowest BCUT2D eigenvalue weighted by Crippen LogP contribution is -2.06. The predicted octanol–water partition coefficient (Wildman–Crippen LogP) is 4.14. The molecule has 0 spiro atoms. The van der Waals surface area contributed by atoms with Crippen molar-refractivity contribution in [3.63, 3.8) is 0 Å². The van der Waals surface area contributed by atoms with Gasteiger partial charge in [0.1, 0.15) is 5.82 Å². The zero-order valence-electron chi connectivity index (χ0n) is 9.79. The largest absolute Gasteiger partial charge is 0.398 e. The normalized spacial score (nSPS) is 10.5. The molecule has 2 N–H and O–H groups in total. The minimum atomic E-state index is -0.570. The smallest absolute Gasteiger partial charge is 0.167 e. The van der Waals surface area contributed by atoms with Crippen LogP contribution in [0.25, 0.3) is 0 Å². The molecular weight excluding hydrogens is 288 g/mol. The van der Waals surface area contributed by atoms with Crippen molar-refractivity contribution >= 4 is 34.7 Å². The van der Waals surface area contributed by atoms with E-state index < -0.39 is 5.82 Å². The molecule has 0 saturated heterocycles. The Morgan fingerprint density at radius 3 is 2.58 bits per heavy atom. The summed E-state index contributed by atoms with van der Waals surface area (Å²) >= 11 is 11.5. The number of carbonyl (C=O) groups is 1. The maximum Gasteiger partial charge on any atom is 0.167 e. The Labute approximate surface area is 119 Å². The molecule has 19 heavy (non-hydrogen) atoms. The molecule has 2 nitrogen and oxygen atoms in total. The standard InChI is InChI=1S/C14H10Cl2FNO/c15-10-3-1-2-9(14(10)17)7-13(19)8-4-5-12(18)11(16)6-8/h1-6H,7,18H2. The molecule has 2 aromatic rings. The van der Waals surface area contributed by atoms with Gasteiger partial charge in [0, 0.05) is 12.0 Å². The fourth-order valence-corrected chi connectivity index (χ4v) is 2.04. The molecule has 0 saturated carbocycles. The molecule has 0 atom stereocenters. The molecule has 0 aliphatic heterocycles. The van der Waals surface area contributed by atoms with Crippen molar-refractivity contribution in [3.05, 3.63) is 63.4 Å². The second-order valence-electron chi connectivity index (χ2n) is 4.05. The molecule has 0 aliphatic carbocycles. The minimum absolute atomic E-state index is 0.000591. The molecule has 98 valence electrons. The van der Waals surface area contributed by atoms with Crippen molar-refractivity contribution in [1.82, 2.24) is 0 Å². The van der Waals surface area contributed by atoms with Crippen molar-refractivity contribution in [2.75, 3.05) is 5.73 Å². The Morgan fingerprint density at radius 1 is 1.16 bits per heavy atom. The number of ketones is 1. The van der Waals surface area contributed by atoms with Gasteiger partial charge in [0.2, 0.25) is 0 Å². The molecule has 0 amide bonds. The number of nitrogens with two attached hydrogens (primary N) is 1. The van der Waals surface area contributed by atoms with E-state index in [-0.39, 0.29) is 22.8 Å². The third-order valence-electron chi connectivity index (χ3n) is 2.71. The second kappa shape index (κ2) is 5.59. The molecular formula is C14H10Cl2FNO. The van der Waals surface area contributed by atoms with Gasteiger partial charge in [-0.1, -0.05) is 35.3 Å². The number of hydrogen-bond donors (Lipinski definition) is 1. The maximum absolute atomic E-state index is 13.7. The highest BCUT2D eigenvalue weighted by Crippen LogP contribution is 2.22. The number of Topliss-reactive ketones (excluding diaryl/α,β-unsaturated/α-hetero) is 1. The van der Waals surface area contributed by atoms with E-state index in [1.807, 2.05) is 0 Å². The summed E-state index contributed by atoms with van der Waals surface area (Å²) in [7, 11) is 0. The number of rotatable bonds is 3. The van der Waals surface area contributed by atoms with E-state index in [9.17, 15) is 9.18 Å². The molecule has 0 heterocycles. The van der Waals surface area contributed by atoms with Gasteiger partial charge in [-0.3, -0.25) is 4.79 Å². The van der Waals surface area contributed by atoms with Crippen LogP contribution in [0, 0.1) is 5.82 Å². The van der Waals surface area contributed by atoms with Gasteiger partial charge in [-0.15, -0.1) is 0 Å². The first kappa shape index (κ1) is 13.8. The SMILES string of the molecule is Nc1ccc(C(=O)Cc2cccc(Cl)c2F)cc1Cl. The lowest BCUT2D eigenvalue weighted by Gasteiger charge is -2.05. The first-order valence-corrected chi connectivity index (χ1v) is 6.25. The Balaban J connectivity index is 2.26. The van der Waals surface area contributed by atoms with Gasteiger partial charge < -0.3 is 5.73 Å². The Bertz CT molecular complexity index is 643. The van der Waals surface area contributed by atoms with E-state index in [0.717, 1.165) is 0 Å². The summed E-state index contributed by atoms with van der Waals surface area (Å²) in [6, 6.07) is 9.14. The van der Waals surface area contributed by atoms with E-state index in [4.69, 9.17) is 28.9 Å². The van der Waals surface area contributed by atoms with Crippen molar-refractivity contribution < 1.29 is 9.18 Å². The molecule has 0 aliphatic rings. The summed E-state index contributed by atoms with van der Waals surface area (Å²) in [4.78, 5) is 12.0. The lowest BCUT2D eigenvalue weighted by molar-refractivity contribution is 0.0992. The van der Waals surface area contributed by atoms with Crippen LogP contribution in [0.4, 0.5) is 10.1 Å². The summed E-state index contributed by atoms with van der Waals surface area (Å²) in [5.74, 6) is -0.817. The summed E-state index contributed by atoms with van der Waals surface area (Å²) in [5, 5.41) is 0.304. The summed E-state index contributed by atoms with van der Waals surface area (Å²) in [5.41, 5.74) is 6.60. The molecule has 2 aromatic carbocycles. The summed E-state index contributed by atoms with van der Waals surface area (Å²) < 4.78 is 13.7. The molecule has 0 fully saturated rings. The number of nitrogen functional groups attached to an aromatic ring is 1. The molecule has 2 rings (SSSR count). The zero-order chi connectivity index (χ0) is 14.0. The lowest BCUT2D eigenvalue weighted by atomic mass is 10.0. The van der Waals surface area contributed by atoms with Crippen LogP contribution >= 0.6 is 23.2 Å². The van der Waals surface area contributed by atoms with Crippen LogP contribution in [-0.2, 0) is 6.42 Å². The number of hydrogen-bond acceptors (Lipinski definition) is 2. The summed E-state index contributed by atoms with van der Waals surface area (Å²) in [6.45, 7) is 0. The number of halogens is 3. The number of benzene rings is 2. The Morgan fingerprint density at radius 2 is 1.89 bits per heavy atom. The maximum atomic E-state index is 13.7. The van der Waals surface area contributed by atoms with E-state index in [1.165, 1.54) is 18.2 Å². The van der Waals surface area contributed by atoms with Crippen LogP contribution in [0.5, 0.6) is 0 Å². The van der Waals surface area contributed by atoms with Crippen LogP contribution in [0.3, 0.4) is 0 Å². The topological polar surface area (TPSA) is 43.1 Å². The Kier molecular flexibility index (Phi) is 4.08. The highest BCUT2D eigenvalue weighted by atomic mass is 35.5. The highest BCUT2D eigenvalue weighted by Gasteiger charge is 2.13. The van der Waals surface area contributed by atoms with E-state index in [2.05, 4.69) is 0 Å². The van der Waals surface area contributed by atoms with Gasteiger partial charge in [0.05, 0.1) is 15.7 Å². The van der Waals surface area contributed by atoms with Crippen LogP contribution in [0.15, 0.2) is 36.4 Å². The van der Waals surface area contributed by atoms with Gasteiger partial charge in [-0.2, -0.15) is 0 Å². The summed E-state index contributed by atoms with van der Waals surface area (Å²) in [6.07, 6.45) is -0.0767. The van der Waals surface area contributed by atoms with E-state index in [0.29, 0.717) is 16.3 Å². The average molecular weight is 298 g/mol. The second-order valence-corrected chi connectivity index (χ2v) is 4.86. The number of anilines is 1. The third-order valence-corrected chi connectivity index (χ3v) is 3.32. The Hall–Kier alpha value is -1.58. The van der Waals surface area contributed by atoms with Crippen molar-refractivity contribution in [3.8, 4) is 0 Å². The monoisotopic (exact) mass is 297 g/mol. The molecule has 0 bridgehead atoms. The highest BCUT2D eigenvalue weighted by molar-refractivity contribution is 6.33. The van der Waals surface area contributed by atoms with E-state index >= 15 is 0 Å². The van der Waals surface area contributed by atoms with Gasteiger partial charge in [0.25, 0.3) is 0 Å². The van der Waals surface area contributed by atoms with Gasteiger partial charge in [-0.25, -0.2) is 4.39 Å². The predicted molar refractivity (Wildman–Crippen MR) is 75.3 cm³/mol. The number of carbonyl (C=O) groups excluding carboxylic acids is 1. The van der Waals surface area contributed by atoms with Crippen LogP contribution in [0.1, 0.15) is 15.9 Å². The molecule has 0 unspecified atom stereocenters. The fourth-order valence-electron chi connectivity index (χ4n) is 1.66. The van der Waals surface area contributed by atoms with Gasteiger partial charge >= 0.3 is 0 Å². The quantitative estimate of drug-likeness (QED) is 0.683. The first-order valence-electron chi connectivity index (χ1n) is 5.50. The van der Waals surface area contributed by atoms with E-state index in [1.54, 1.807) is 18.2 Å². The molecule has 0 aromatic heterocycles. The first-order chi connectivity index (χ1) is 8.99. The fraction of sp³-hybridized carbons (Fsp3) is 0.0714.